The van der Waals surface area contributed by atoms with Crippen LogP contribution in [-0.2, 0) is 0 Å². The Morgan fingerprint density at radius 1 is 1.24 bits per heavy atom. The first-order chi connectivity index (χ1) is 9.80. The molecule has 0 saturated carbocycles. The Balaban J connectivity index is 1.77. The molecule has 2 aliphatic rings. The molecule has 2 rings (SSSR count). The molecule has 0 aliphatic carbocycles. The predicted octanol–water partition coefficient (Wildman–Crippen LogP) is 4.06. The SMILES string of the molecule is CC(C)N1CC(F)(F)CC1CCSC(C)N1CCCC1C. The Labute approximate surface area is 132 Å². The second-order valence-corrected chi connectivity index (χ2v) is 8.39. The molecule has 124 valence electrons. The van der Waals surface area contributed by atoms with Gasteiger partial charge in [0.25, 0.3) is 5.92 Å². The van der Waals surface area contributed by atoms with Gasteiger partial charge in [-0.15, -0.1) is 11.8 Å². The Bertz CT molecular complexity index is 338. The highest BCUT2D eigenvalue weighted by Crippen LogP contribution is 2.36. The molecule has 2 saturated heterocycles. The molecule has 21 heavy (non-hydrogen) atoms. The van der Waals surface area contributed by atoms with Gasteiger partial charge < -0.3 is 0 Å². The standard InChI is InChI=1S/C16H30F2N2S/c1-12(2)20-11-16(17,18)10-15(20)7-9-21-14(4)19-8-5-6-13(19)3/h12-15H,5-11H2,1-4H3. The Kier molecular flexibility index (Phi) is 5.94. The van der Waals surface area contributed by atoms with Crippen molar-refractivity contribution >= 4 is 11.8 Å². The molecular weight excluding hydrogens is 290 g/mol. The first kappa shape index (κ1) is 17.5. The number of hydrogen-bond donors (Lipinski definition) is 0. The number of halogens is 2. The molecule has 5 heteroatoms. The third kappa shape index (κ3) is 4.55. The van der Waals surface area contributed by atoms with Crippen molar-refractivity contribution < 1.29 is 8.78 Å². The normalized spacial score (nSPS) is 32.1. The second kappa shape index (κ2) is 7.14. The van der Waals surface area contributed by atoms with E-state index in [1.165, 1.54) is 19.4 Å². The largest absolute Gasteiger partial charge is 0.292 e. The van der Waals surface area contributed by atoms with Crippen LogP contribution in [0.15, 0.2) is 0 Å². The minimum absolute atomic E-state index is 0.0419. The van der Waals surface area contributed by atoms with Gasteiger partial charge in [0.05, 0.1) is 11.9 Å². The summed E-state index contributed by atoms with van der Waals surface area (Å²) < 4.78 is 27.3. The fraction of sp³-hybridized carbons (Fsp3) is 1.00. The predicted molar refractivity (Wildman–Crippen MR) is 87.1 cm³/mol. The minimum atomic E-state index is -2.49. The van der Waals surface area contributed by atoms with Gasteiger partial charge in [0.15, 0.2) is 0 Å². The molecule has 0 radical (unpaired) electrons. The van der Waals surface area contributed by atoms with Gasteiger partial charge in [-0.1, -0.05) is 0 Å². The molecule has 2 nitrogen and oxygen atoms in total. The fourth-order valence-electron chi connectivity index (χ4n) is 3.76. The van der Waals surface area contributed by atoms with Gasteiger partial charge in [-0.05, 0) is 59.3 Å². The van der Waals surface area contributed by atoms with E-state index < -0.39 is 5.92 Å². The molecule has 0 aromatic heterocycles. The van der Waals surface area contributed by atoms with Crippen molar-refractivity contribution in [3.05, 3.63) is 0 Å². The molecule has 0 N–H and O–H groups in total. The van der Waals surface area contributed by atoms with Gasteiger partial charge in [0, 0.05) is 24.5 Å². The van der Waals surface area contributed by atoms with Crippen molar-refractivity contribution in [2.24, 2.45) is 0 Å². The lowest BCUT2D eigenvalue weighted by molar-refractivity contribution is 0.00917. The Hall–Kier alpha value is 0.130. The zero-order valence-electron chi connectivity index (χ0n) is 13.8. The first-order valence-corrected chi connectivity index (χ1v) is 9.36. The van der Waals surface area contributed by atoms with Crippen LogP contribution in [0.25, 0.3) is 0 Å². The van der Waals surface area contributed by atoms with Crippen LogP contribution in [0.5, 0.6) is 0 Å². The summed E-state index contributed by atoms with van der Waals surface area (Å²) in [6, 6.07) is 0.940. The van der Waals surface area contributed by atoms with E-state index in [9.17, 15) is 8.78 Å². The van der Waals surface area contributed by atoms with E-state index in [4.69, 9.17) is 0 Å². The van der Waals surface area contributed by atoms with Crippen LogP contribution in [0.3, 0.4) is 0 Å². The lowest BCUT2D eigenvalue weighted by atomic mass is 10.1. The maximum Gasteiger partial charge on any atom is 0.262 e. The van der Waals surface area contributed by atoms with Crippen molar-refractivity contribution in [1.82, 2.24) is 9.80 Å². The molecule has 3 atom stereocenters. The molecule has 2 fully saturated rings. The van der Waals surface area contributed by atoms with Crippen LogP contribution in [0, 0.1) is 0 Å². The lowest BCUT2D eigenvalue weighted by Gasteiger charge is -2.30. The van der Waals surface area contributed by atoms with Gasteiger partial charge in [0.1, 0.15) is 0 Å². The third-order valence-electron chi connectivity index (χ3n) is 4.96. The summed E-state index contributed by atoms with van der Waals surface area (Å²) in [6.07, 6.45) is 3.51. The van der Waals surface area contributed by atoms with Crippen molar-refractivity contribution in [1.29, 1.82) is 0 Å². The summed E-state index contributed by atoms with van der Waals surface area (Å²) in [5, 5.41) is 0.511. The van der Waals surface area contributed by atoms with E-state index in [1.807, 2.05) is 30.5 Å². The summed E-state index contributed by atoms with van der Waals surface area (Å²) in [5.74, 6) is -1.51. The highest BCUT2D eigenvalue weighted by atomic mass is 32.2. The topological polar surface area (TPSA) is 6.48 Å². The average molecular weight is 320 g/mol. The highest BCUT2D eigenvalue weighted by molar-refractivity contribution is 7.99. The van der Waals surface area contributed by atoms with Crippen LogP contribution in [-0.4, -0.2) is 58.1 Å². The van der Waals surface area contributed by atoms with Crippen molar-refractivity contribution in [3.8, 4) is 0 Å². The maximum absolute atomic E-state index is 13.6. The molecule has 0 aromatic rings. The number of hydrogen-bond acceptors (Lipinski definition) is 3. The number of rotatable bonds is 6. The van der Waals surface area contributed by atoms with E-state index in [-0.39, 0.29) is 25.0 Å². The van der Waals surface area contributed by atoms with Gasteiger partial charge in [-0.2, -0.15) is 0 Å². The monoisotopic (exact) mass is 320 g/mol. The highest BCUT2D eigenvalue weighted by Gasteiger charge is 2.45. The van der Waals surface area contributed by atoms with Gasteiger partial charge in [-0.3, -0.25) is 9.80 Å². The second-order valence-electron chi connectivity index (χ2n) is 6.97. The first-order valence-electron chi connectivity index (χ1n) is 8.31. The average Bonchev–Trinajstić information content (AvgIpc) is 2.92. The van der Waals surface area contributed by atoms with E-state index >= 15 is 0 Å². The quantitative estimate of drug-likeness (QED) is 0.729. The minimum Gasteiger partial charge on any atom is -0.292 e. The Morgan fingerprint density at radius 3 is 2.52 bits per heavy atom. The summed E-state index contributed by atoms with van der Waals surface area (Å²) in [5.41, 5.74) is 0. The Morgan fingerprint density at radius 2 is 1.95 bits per heavy atom. The molecular formula is C16H30F2N2S. The molecule has 0 amide bonds. The maximum atomic E-state index is 13.6. The zero-order chi connectivity index (χ0) is 15.6. The van der Waals surface area contributed by atoms with E-state index in [1.54, 1.807) is 0 Å². The lowest BCUT2D eigenvalue weighted by Crippen LogP contribution is -2.37. The number of nitrogens with zero attached hydrogens (tertiary/aromatic N) is 2. The van der Waals surface area contributed by atoms with Crippen LogP contribution in [0.1, 0.15) is 53.4 Å². The zero-order valence-corrected chi connectivity index (χ0v) is 14.6. The summed E-state index contributed by atoms with van der Waals surface area (Å²) in [6.45, 7) is 9.73. The van der Waals surface area contributed by atoms with Gasteiger partial charge >= 0.3 is 0 Å². The third-order valence-corrected chi connectivity index (χ3v) is 6.19. The number of alkyl halides is 2. The number of thioether (sulfide) groups is 1. The van der Waals surface area contributed by atoms with Crippen molar-refractivity contribution in [3.63, 3.8) is 0 Å². The van der Waals surface area contributed by atoms with Crippen molar-refractivity contribution in [2.75, 3.05) is 18.8 Å². The fourth-order valence-corrected chi connectivity index (χ4v) is 5.01. The number of likely N-dealkylation sites (tertiary alicyclic amines) is 2. The molecule has 2 aliphatic heterocycles. The van der Waals surface area contributed by atoms with E-state index in [2.05, 4.69) is 18.7 Å². The van der Waals surface area contributed by atoms with E-state index in [0.29, 0.717) is 11.4 Å². The molecule has 2 heterocycles. The molecule has 0 aromatic carbocycles. The molecule has 0 bridgehead atoms. The summed E-state index contributed by atoms with van der Waals surface area (Å²) >= 11 is 1.93. The van der Waals surface area contributed by atoms with Crippen LogP contribution < -0.4 is 0 Å². The van der Waals surface area contributed by atoms with Crippen LogP contribution in [0.2, 0.25) is 0 Å². The van der Waals surface area contributed by atoms with E-state index in [0.717, 1.165) is 12.2 Å². The summed E-state index contributed by atoms with van der Waals surface area (Å²) in [4.78, 5) is 4.54. The van der Waals surface area contributed by atoms with Gasteiger partial charge in [0.2, 0.25) is 0 Å². The van der Waals surface area contributed by atoms with Gasteiger partial charge in [-0.25, -0.2) is 8.78 Å². The molecule has 3 unspecified atom stereocenters. The van der Waals surface area contributed by atoms with Crippen molar-refractivity contribution in [2.45, 2.75) is 82.8 Å². The van der Waals surface area contributed by atoms with Crippen LogP contribution in [0.4, 0.5) is 8.78 Å². The smallest absolute Gasteiger partial charge is 0.262 e. The molecule has 0 spiro atoms. The van der Waals surface area contributed by atoms with Crippen LogP contribution >= 0.6 is 11.8 Å². The summed E-state index contributed by atoms with van der Waals surface area (Å²) in [7, 11) is 0.